The van der Waals surface area contributed by atoms with Gasteiger partial charge < -0.3 is 0 Å². The van der Waals surface area contributed by atoms with Gasteiger partial charge in [0.25, 0.3) is 0 Å². The van der Waals surface area contributed by atoms with Crippen molar-refractivity contribution in [2.45, 2.75) is 13.0 Å². The van der Waals surface area contributed by atoms with Crippen LogP contribution in [0.1, 0.15) is 18.5 Å². The van der Waals surface area contributed by atoms with E-state index in [1.54, 1.807) is 23.0 Å². The third-order valence-corrected chi connectivity index (χ3v) is 2.57. The molecule has 1 aromatic heterocycles. The molecule has 2 rings (SSSR count). The van der Waals surface area contributed by atoms with Crippen molar-refractivity contribution in [3.63, 3.8) is 0 Å². The summed E-state index contributed by atoms with van der Waals surface area (Å²) in [5, 5.41) is 7.70. The minimum atomic E-state index is -0.249. The quantitative estimate of drug-likeness (QED) is 0.787. The normalized spacial score (nSPS) is 12.7. The van der Waals surface area contributed by atoms with Crippen LogP contribution in [0.25, 0.3) is 0 Å². The van der Waals surface area contributed by atoms with E-state index in [0.717, 1.165) is 5.56 Å². The summed E-state index contributed by atoms with van der Waals surface area (Å²) in [6.45, 7) is 1.95. The van der Waals surface area contributed by atoms with Crippen LogP contribution in [-0.4, -0.2) is 14.8 Å². The molecule has 3 nitrogen and oxygen atoms in total. The Hall–Kier alpha value is -1.42. The van der Waals surface area contributed by atoms with Crippen molar-refractivity contribution in [1.82, 2.24) is 14.8 Å². The second-order valence-electron chi connectivity index (χ2n) is 3.23. The summed E-state index contributed by atoms with van der Waals surface area (Å²) >= 11 is 5.83. The highest BCUT2D eigenvalue weighted by Crippen LogP contribution is 2.20. The molecule has 1 aromatic carbocycles. The summed E-state index contributed by atoms with van der Waals surface area (Å²) in [6.07, 6.45) is 1.55. The van der Waals surface area contributed by atoms with E-state index in [0.29, 0.717) is 5.28 Å². The van der Waals surface area contributed by atoms with Gasteiger partial charge >= 0.3 is 0 Å². The van der Waals surface area contributed by atoms with Crippen LogP contribution in [-0.2, 0) is 0 Å². The molecule has 15 heavy (non-hydrogen) atoms. The lowest BCUT2D eigenvalue weighted by molar-refractivity contribution is 0.615. The van der Waals surface area contributed by atoms with E-state index in [9.17, 15) is 4.39 Å². The molecular weight excluding hydrogens is 217 g/mol. The van der Waals surface area contributed by atoms with E-state index in [4.69, 9.17) is 11.6 Å². The zero-order valence-corrected chi connectivity index (χ0v) is 8.82. The first-order chi connectivity index (χ1) is 7.18. The molecule has 1 atom stereocenters. The number of hydrogen-bond donors (Lipinski definition) is 0. The minimum Gasteiger partial charge on any atom is -0.297 e. The van der Waals surface area contributed by atoms with Gasteiger partial charge in [-0.05, 0) is 36.2 Å². The fourth-order valence-corrected chi connectivity index (χ4v) is 1.62. The molecule has 0 amide bonds. The summed E-state index contributed by atoms with van der Waals surface area (Å²) in [5.74, 6) is -0.249. The van der Waals surface area contributed by atoms with Crippen LogP contribution in [0.15, 0.2) is 30.6 Å². The van der Waals surface area contributed by atoms with Gasteiger partial charge in [-0.25, -0.2) is 4.39 Å². The molecule has 0 saturated heterocycles. The van der Waals surface area contributed by atoms with Crippen molar-refractivity contribution >= 4 is 11.6 Å². The van der Waals surface area contributed by atoms with Gasteiger partial charge in [0.05, 0.1) is 6.04 Å². The predicted molar refractivity (Wildman–Crippen MR) is 55.2 cm³/mol. The SMILES string of the molecule is CC(c1ccc(F)cc1)n1cnnc1Cl. The molecular formula is C10H9ClFN3. The molecule has 0 saturated carbocycles. The standard InChI is InChI=1S/C10H9ClFN3/c1-7(15-6-13-14-10(15)11)8-2-4-9(12)5-3-8/h2-7H,1H3. The maximum Gasteiger partial charge on any atom is 0.225 e. The second kappa shape index (κ2) is 3.98. The molecule has 1 heterocycles. The predicted octanol–water partition coefficient (Wildman–Crippen LogP) is 2.68. The number of hydrogen-bond acceptors (Lipinski definition) is 2. The van der Waals surface area contributed by atoms with Gasteiger partial charge in [0.1, 0.15) is 12.1 Å². The van der Waals surface area contributed by atoms with E-state index in [1.807, 2.05) is 6.92 Å². The first-order valence-electron chi connectivity index (χ1n) is 4.49. The van der Waals surface area contributed by atoms with Crippen LogP contribution in [0.2, 0.25) is 5.28 Å². The van der Waals surface area contributed by atoms with Gasteiger partial charge in [0.15, 0.2) is 0 Å². The Morgan fingerprint density at radius 3 is 2.53 bits per heavy atom. The molecule has 0 spiro atoms. The molecule has 0 radical (unpaired) electrons. The Kier molecular flexibility index (Phi) is 2.68. The van der Waals surface area contributed by atoms with Crippen LogP contribution in [0.4, 0.5) is 4.39 Å². The highest BCUT2D eigenvalue weighted by molar-refractivity contribution is 6.28. The second-order valence-corrected chi connectivity index (χ2v) is 3.57. The van der Waals surface area contributed by atoms with Crippen LogP contribution >= 0.6 is 11.6 Å². The Bertz CT molecular complexity index is 452. The van der Waals surface area contributed by atoms with Crippen molar-refractivity contribution in [3.8, 4) is 0 Å². The van der Waals surface area contributed by atoms with Crippen LogP contribution in [0.3, 0.4) is 0 Å². The lowest BCUT2D eigenvalue weighted by Crippen LogP contribution is -2.05. The van der Waals surface area contributed by atoms with E-state index >= 15 is 0 Å². The molecule has 78 valence electrons. The summed E-state index contributed by atoms with van der Waals surface area (Å²) in [7, 11) is 0. The van der Waals surface area contributed by atoms with E-state index < -0.39 is 0 Å². The number of halogens is 2. The van der Waals surface area contributed by atoms with Crippen molar-refractivity contribution in [1.29, 1.82) is 0 Å². The summed E-state index contributed by atoms with van der Waals surface area (Å²) < 4.78 is 14.4. The third kappa shape index (κ3) is 1.99. The Morgan fingerprint density at radius 1 is 1.33 bits per heavy atom. The lowest BCUT2D eigenvalue weighted by Gasteiger charge is -2.13. The van der Waals surface area contributed by atoms with Gasteiger partial charge in [0.2, 0.25) is 5.28 Å². The largest absolute Gasteiger partial charge is 0.297 e. The highest BCUT2D eigenvalue weighted by atomic mass is 35.5. The Balaban J connectivity index is 2.32. The van der Waals surface area contributed by atoms with Gasteiger partial charge in [0, 0.05) is 0 Å². The van der Waals surface area contributed by atoms with Crippen molar-refractivity contribution in [2.75, 3.05) is 0 Å². The fraction of sp³-hybridized carbons (Fsp3) is 0.200. The first-order valence-corrected chi connectivity index (χ1v) is 4.87. The maximum atomic E-state index is 12.7. The van der Waals surface area contributed by atoms with E-state index in [-0.39, 0.29) is 11.9 Å². The number of benzene rings is 1. The average Bonchev–Trinajstić information content (AvgIpc) is 2.65. The lowest BCUT2D eigenvalue weighted by atomic mass is 10.1. The molecule has 2 aromatic rings. The number of nitrogens with zero attached hydrogens (tertiary/aromatic N) is 3. The smallest absolute Gasteiger partial charge is 0.225 e. The number of aromatic nitrogens is 3. The Morgan fingerprint density at radius 2 is 2.00 bits per heavy atom. The molecule has 0 aliphatic rings. The summed E-state index contributed by atoms with van der Waals surface area (Å²) in [4.78, 5) is 0. The highest BCUT2D eigenvalue weighted by Gasteiger charge is 2.11. The zero-order valence-electron chi connectivity index (χ0n) is 8.06. The molecule has 0 fully saturated rings. The van der Waals surface area contributed by atoms with Crippen LogP contribution in [0, 0.1) is 5.82 Å². The molecule has 0 aliphatic heterocycles. The van der Waals surface area contributed by atoms with Crippen molar-refractivity contribution < 1.29 is 4.39 Å². The molecule has 1 unspecified atom stereocenters. The number of rotatable bonds is 2. The Labute approximate surface area is 91.5 Å². The topological polar surface area (TPSA) is 30.7 Å². The van der Waals surface area contributed by atoms with Crippen molar-refractivity contribution in [3.05, 3.63) is 47.3 Å². The summed E-state index contributed by atoms with van der Waals surface area (Å²) in [6, 6.07) is 6.27. The van der Waals surface area contributed by atoms with Crippen molar-refractivity contribution in [2.24, 2.45) is 0 Å². The fourth-order valence-electron chi connectivity index (χ4n) is 1.39. The van der Waals surface area contributed by atoms with Gasteiger partial charge in [-0.1, -0.05) is 12.1 Å². The first kappa shape index (κ1) is 10.1. The monoisotopic (exact) mass is 225 g/mol. The summed E-state index contributed by atoms with van der Waals surface area (Å²) in [5.41, 5.74) is 0.957. The van der Waals surface area contributed by atoms with E-state index in [1.165, 1.54) is 12.1 Å². The maximum absolute atomic E-state index is 12.7. The molecule has 0 aliphatic carbocycles. The van der Waals surface area contributed by atoms with Crippen LogP contribution in [0.5, 0.6) is 0 Å². The van der Waals surface area contributed by atoms with Gasteiger partial charge in [-0.2, -0.15) is 0 Å². The van der Waals surface area contributed by atoms with E-state index in [2.05, 4.69) is 10.2 Å². The van der Waals surface area contributed by atoms with Gasteiger partial charge in [-0.15, -0.1) is 10.2 Å². The van der Waals surface area contributed by atoms with Gasteiger partial charge in [-0.3, -0.25) is 4.57 Å². The average molecular weight is 226 g/mol. The zero-order chi connectivity index (χ0) is 10.8. The molecule has 5 heteroatoms. The molecule has 0 N–H and O–H groups in total. The minimum absolute atomic E-state index is 0.00639. The van der Waals surface area contributed by atoms with Crippen LogP contribution < -0.4 is 0 Å². The third-order valence-electron chi connectivity index (χ3n) is 2.30. The molecule has 0 bridgehead atoms.